The molecular formula is C6H6ClN3OS. The highest BCUT2D eigenvalue weighted by atomic mass is 35.5. The van der Waals surface area contributed by atoms with Gasteiger partial charge in [-0.05, 0) is 11.5 Å². The summed E-state index contributed by atoms with van der Waals surface area (Å²) in [5.74, 6) is 0. The van der Waals surface area contributed by atoms with Gasteiger partial charge in [0.2, 0.25) is 0 Å². The van der Waals surface area contributed by atoms with E-state index < -0.39 is 0 Å². The maximum atomic E-state index is 11.4. The molecule has 0 unspecified atom stereocenters. The van der Waals surface area contributed by atoms with E-state index in [9.17, 15) is 4.79 Å². The number of rotatable bonds is 0. The van der Waals surface area contributed by atoms with Crippen molar-refractivity contribution in [3.05, 3.63) is 15.5 Å². The van der Waals surface area contributed by atoms with E-state index in [4.69, 9.17) is 11.6 Å². The minimum atomic E-state index is -0.0758. The van der Waals surface area contributed by atoms with Gasteiger partial charge in [-0.2, -0.15) is 5.10 Å². The molecule has 0 aliphatic carbocycles. The van der Waals surface area contributed by atoms with Crippen molar-refractivity contribution in [3.63, 3.8) is 0 Å². The van der Waals surface area contributed by atoms with Crippen LogP contribution >= 0.6 is 23.1 Å². The molecule has 12 heavy (non-hydrogen) atoms. The molecule has 6 heteroatoms. The smallest absolute Gasteiger partial charge is 0.268 e. The summed E-state index contributed by atoms with van der Waals surface area (Å²) in [5.41, 5.74) is -0.0758. The molecule has 0 aliphatic heterocycles. The fourth-order valence-electron chi connectivity index (χ4n) is 1.09. The Morgan fingerprint density at radius 3 is 2.75 bits per heavy atom. The summed E-state index contributed by atoms with van der Waals surface area (Å²) in [6.45, 7) is 0. The highest BCUT2D eigenvalue weighted by Gasteiger charge is 2.14. The number of fused-ring (bicyclic) bond motifs is 1. The first-order valence-corrected chi connectivity index (χ1v) is 4.45. The van der Waals surface area contributed by atoms with Crippen molar-refractivity contribution in [1.29, 1.82) is 0 Å². The van der Waals surface area contributed by atoms with Crippen molar-refractivity contribution < 1.29 is 0 Å². The second kappa shape index (κ2) is 2.34. The quantitative estimate of drug-likeness (QED) is 0.641. The average Bonchev–Trinajstić information content (AvgIpc) is 2.41. The zero-order valence-corrected chi connectivity index (χ0v) is 8.11. The molecule has 2 aromatic rings. The Hall–Kier alpha value is -0.810. The van der Waals surface area contributed by atoms with Crippen molar-refractivity contribution in [3.8, 4) is 0 Å². The molecule has 0 N–H and O–H groups in total. The maximum Gasteiger partial charge on any atom is 0.273 e. The van der Waals surface area contributed by atoms with Gasteiger partial charge in [-0.1, -0.05) is 11.6 Å². The maximum absolute atomic E-state index is 11.4. The first kappa shape index (κ1) is 7.82. The van der Waals surface area contributed by atoms with Crippen molar-refractivity contribution in [1.82, 2.24) is 13.7 Å². The first-order chi connectivity index (χ1) is 5.61. The van der Waals surface area contributed by atoms with Crippen LogP contribution in [0, 0.1) is 0 Å². The highest BCUT2D eigenvalue weighted by Crippen LogP contribution is 2.21. The Labute approximate surface area is 77.1 Å². The predicted octanol–water partition coefficient (Wildman–Crippen LogP) is 0.987. The number of hydrogen-bond acceptors (Lipinski definition) is 3. The Kier molecular flexibility index (Phi) is 1.52. The van der Waals surface area contributed by atoms with Crippen molar-refractivity contribution >= 4 is 33.4 Å². The topological polar surface area (TPSA) is 39.8 Å². The van der Waals surface area contributed by atoms with Gasteiger partial charge in [0.15, 0.2) is 5.15 Å². The SMILES string of the molecule is Cn1sc2c(c(Cl)nn2C)c1=O. The van der Waals surface area contributed by atoms with E-state index in [-0.39, 0.29) is 10.7 Å². The number of nitrogens with zero attached hydrogens (tertiary/aromatic N) is 3. The van der Waals surface area contributed by atoms with Gasteiger partial charge in [-0.3, -0.25) is 13.4 Å². The molecule has 0 aliphatic rings. The zero-order valence-electron chi connectivity index (χ0n) is 6.54. The van der Waals surface area contributed by atoms with Gasteiger partial charge in [0, 0.05) is 14.1 Å². The van der Waals surface area contributed by atoms with Gasteiger partial charge >= 0.3 is 0 Å². The molecule has 0 fully saturated rings. The summed E-state index contributed by atoms with van der Waals surface area (Å²) in [6, 6.07) is 0. The van der Waals surface area contributed by atoms with Gasteiger partial charge in [0.05, 0.1) is 0 Å². The molecule has 0 atom stereocenters. The van der Waals surface area contributed by atoms with Gasteiger partial charge in [-0.25, -0.2) is 0 Å². The monoisotopic (exact) mass is 203 g/mol. The Bertz CT molecular complexity index is 495. The summed E-state index contributed by atoms with van der Waals surface area (Å²) in [7, 11) is 3.48. The second-order valence-corrected chi connectivity index (χ2v) is 3.96. The third-order valence-corrected chi connectivity index (χ3v) is 3.02. The summed E-state index contributed by atoms with van der Waals surface area (Å²) in [4.78, 5) is 12.2. The van der Waals surface area contributed by atoms with Crippen molar-refractivity contribution in [2.75, 3.05) is 0 Å². The lowest BCUT2D eigenvalue weighted by molar-refractivity contribution is 0.802. The summed E-state index contributed by atoms with van der Waals surface area (Å²) in [5, 5.41) is 4.74. The molecule has 0 spiro atoms. The van der Waals surface area contributed by atoms with Crippen LogP contribution in [0.15, 0.2) is 4.79 Å². The number of halogens is 1. The largest absolute Gasteiger partial charge is 0.273 e. The molecule has 0 bridgehead atoms. The van der Waals surface area contributed by atoms with Crippen molar-refractivity contribution in [2.45, 2.75) is 0 Å². The summed E-state index contributed by atoms with van der Waals surface area (Å²) < 4.78 is 3.15. The molecule has 64 valence electrons. The summed E-state index contributed by atoms with van der Waals surface area (Å²) >= 11 is 7.10. The fourth-order valence-corrected chi connectivity index (χ4v) is 2.30. The van der Waals surface area contributed by atoms with E-state index >= 15 is 0 Å². The number of aryl methyl sites for hydroxylation is 2. The first-order valence-electron chi connectivity index (χ1n) is 3.30. The lowest BCUT2D eigenvalue weighted by atomic mass is 10.5. The number of hydrogen-bond donors (Lipinski definition) is 0. The predicted molar refractivity (Wildman–Crippen MR) is 48.8 cm³/mol. The third kappa shape index (κ3) is 0.834. The standard InChI is InChI=1S/C6H6ClN3OS/c1-9-6-3(4(7)8-9)5(11)10(2)12-6/h1-2H3. The molecular weight excluding hydrogens is 198 g/mol. The van der Waals surface area contributed by atoms with Crippen LogP contribution in [0.1, 0.15) is 0 Å². The third-order valence-electron chi connectivity index (χ3n) is 1.68. The van der Waals surface area contributed by atoms with Crippen LogP contribution in [-0.2, 0) is 14.1 Å². The van der Waals surface area contributed by atoms with Crippen LogP contribution in [0.4, 0.5) is 0 Å². The molecule has 0 saturated carbocycles. The van der Waals surface area contributed by atoms with Crippen LogP contribution in [0.5, 0.6) is 0 Å². The highest BCUT2D eigenvalue weighted by molar-refractivity contribution is 7.13. The fraction of sp³-hybridized carbons (Fsp3) is 0.333. The van der Waals surface area contributed by atoms with Crippen LogP contribution < -0.4 is 5.56 Å². The Morgan fingerprint density at radius 2 is 2.17 bits per heavy atom. The van der Waals surface area contributed by atoms with E-state index in [1.807, 2.05) is 0 Å². The van der Waals surface area contributed by atoms with Crippen LogP contribution in [0.25, 0.3) is 10.2 Å². The van der Waals surface area contributed by atoms with Gasteiger partial charge < -0.3 is 0 Å². The van der Waals surface area contributed by atoms with E-state index in [1.54, 1.807) is 18.8 Å². The molecule has 2 heterocycles. The van der Waals surface area contributed by atoms with Gasteiger partial charge in [0.1, 0.15) is 10.2 Å². The lowest BCUT2D eigenvalue weighted by Gasteiger charge is -1.86. The second-order valence-electron chi connectivity index (χ2n) is 2.49. The van der Waals surface area contributed by atoms with Gasteiger partial charge in [-0.15, -0.1) is 0 Å². The normalized spacial score (nSPS) is 11.2. The molecule has 2 rings (SSSR count). The summed E-state index contributed by atoms with van der Waals surface area (Å²) in [6.07, 6.45) is 0. The molecule has 2 aromatic heterocycles. The molecule has 0 amide bonds. The van der Waals surface area contributed by atoms with Crippen LogP contribution in [-0.4, -0.2) is 13.7 Å². The van der Waals surface area contributed by atoms with E-state index in [0.29, 0.717) is 5.39 Å². The minimum absolute atomic E-state index is 0.0758. The molecule has 0 saturated heterocycles. The Morgan fingerprint density at radius 1 is 1.50 bits per heavy atom. The average molecular weight is 204 g/mol. The Balaban J connectivity index is 3.08. The number of aromatic nitrogens is 3. The zero-order chi connectivity index (χ0) is 8.88. The molecule has 0 aromatic carbocycles. The molecule has 4 nitrogen and oxygen atoms in total. The molecule has 0 radical (unpaired) electrons. The van der Waals surface area contributed by atoms with E-state index in [1.165, 1.54) is 15.5 Å². The van der Waals surface area contributed by atoms with E-state index in [2.05, 4.69) is 5.10 Å². The van der Waals surface area contributed by atoms with Crippen LogP contribution in [0.2, 0.25) is 5.15 Å². The van der Waals surface area contributed by atoms with Crippen molar-refractivity contribution in [2.24, 2.45) is 14.1 Å². The lowest BCUT2D eigenvalue weighted by Crippen LogP contribution is -2.07. The van der Waals surface area contributed by atoms with Gasteiger partial charge in [0.25, 0.3) is 5.56 Å². The van der Waals surface area contributed by atoms with E-state index in [0.717, 1.165) is 4.83 Å². The minimum Gasteiger partial charge on any atom is -0.268 e. The van der Waals surface area contributed by atoms with Crippen LogP contribution in [0.3, 0.4) is 0 Å².